The van der Waals surface area contributed by atoms with E-state index in [1.54, 1.807) is 0 Å². The quantitative estimate of drug-likeness (QED) is 0.0671. The molecule has 1 aromatic carbocycles. The number of rotatable bonds is 17. The fourth-order valence-corrected chi connectivity index (χ4v) is 3.75. The molecule has 0 atom stereocenters. The van der Waals surface area contributed by atoms with Gasteiger partial charge in [-0.1, -0.05) is 25.7 Å². The van der Waals surface area contributed by atoms with E-state index in [1.165, 1.54) is 24.3 Å². The van der Waals surface area contributed by atoms with E-state index >= 15 is 0 Å². The average molecular weight is 547 g/mol. The average Bonchev–Trinajstić information content (AvgIpc) is 2.82. The van der Waals surface area contributed by atoms with E-state index in [2.05, 4.69) is 31.3 Å². The molecule has 0 heterocycles. The molecule has 0 spiro atoms. The van der Waals surface area contributed by atoms with Crippen molar-refractivity contribution in [2.24, 2.45) is 9.98 Å². The Morgan fingerprint density at radius 1 is 0.784 bits per heavy atom. The third-order valence-corrected chi connectivity index (χ3v) is 5.73. The molecule has 13 nitrogen and oxygen atoms in total. The second kappa shape index (κ2) is 20.5. The minimum Gasteiger partial charge on any atom is -0.744 e. The molecule has 0 unspecified atom stereocenters. The fourth-order valence-electron chi connectivity index (χ4n) is 3.09. The van der Waals surface area contributed by atoms with Crippen LogP contribution < -0.4 is 50.8 Å². The first-order valence-corrected chi connectivity index (χ1v) is 13.0. The molecule has 198 valence electrons. The Kier molecular flexibility index (Phi) is 19.1. The maximum absolute atomic E-state index is 12.1. The predicted molar refractivity (Wildman–Crippen MR) is 131 cm³/mol. The Labute approximate surface area is 238 Å². The van der Waals surface area contributed by atoms with Crippen LogP contribution >= 0.6 is 0 Å². The molecular weight excluding hydrogens is 515 g/mol. The van der Waals surface area contributed by atoms with Crippen molar-refractivity contribution in [3.63, 3.8) is 0 Å². The summed E-state index contributed by atoms with van der Waals surface area (Å²) in [7, 11) is -4.94. The summed E-state index contributed by atoms with van der Waals surface area (Å²) in [5, 5.41) is 9.98. The molecule has 0 radical (unpaired) electrons. The standard InChI is InChI=1S/C22H32N6O7S.Na/c29-16-23-11-5-1-3-7-13-25-21(31)27-18-9-10-19(20(15-18)36(33,34)35)28-22(32)26-14-8-4-2-6-12-24-17-30;/h9-10,15H,1-8,11-14H2,(H2,25,27,31)(H2,26,28,32)(H,33,34,35);/q;+1/p-1. The summed E-state index contributed by atoms with van der Waals surface area (Å²) in [6.07, 6.45) is 9.09. The number of anilines is 2. The maximum Gasteiger partial charge on any atom is 1.00 e. The van der Waals surface area contributed by atoms with Crippen LogP contribution in [0.5, 0.6) is 0 Å². The van der Waals surface area contributed by atoms with E-state index in [4.69, 9.17) is 0 Å². The van der Waals surface area contributed by atoms with Crippen molar-refractivity contribution in [1.29, 1.82) is 0 Å². The summed E-state index contributed by atoms with van der Waals surface area (Å²) >= 11 is 0. The molecule has 1 aromatic rings. The number of isocyanates is 2. The monoisotopic (exact) mass is 546 g/mol. The van der Waals surface area contributed by atoms with Crippen molar-refractivity contribution >= 4 is 45.7 Å². The number of carbonyl (C=O) groups excluding carboxylic acids is 4. The van der Waals surface area contributed by atoms with Gasteiger partial charge in [0.25, 0.3) is 0 Å². The summed E-state index contributed by atoms with van der Waals surface area (Å²) in [5.41, 5.74) is -0.141. The van der Waals surface area contributed by atoms with Crippen LogP contribution in [0.1, 0.15) is 51.4 Å². The zero-order valence-electron chi connectivity index (χ0n) is 20.9. The number of nitrogens with zero attached hydrogens (tertiary/aromatic N) is 2. The number of unbranched alkanes of at least 4 members (excludes halogenated alkanes) is 6. The SMILES string of the molecule is O=C=NCCCCCCNC(=O)Nc1ccc(NC(=O)NCCCCCCN=C=O)c(S(=O)(=O)[O-])c1.[Na+]. The van der Waals surface area contributed by atoms with Gasteiger partial charge in [0, 0.05) is 18.8 Å². The second-order valence-corrected chi connectivity index (χ2v) is 9.05. The van der Waals surface area contributed by atoms with Gasteiger partial charge in [0.15, 0.2) is 0 Å². The summed E-state index contributed by atoms with van der Waals surface area (Å²) in [6, 6.07) is 2.30. The Balaban J connectivity index is 0.0000130. The van der Waals surface area contributed by atoms with Gasteiger partial charge in [-0.05, 0) is 43.9 Å². The van der Waals surface area contributed by atoms with E-state index in [0.29, 0.717) is 39.0 Å². The van der Waals surface area contributed by atoms with Crippen molar-refractivity contribution in [3.8, 4) is 0 Å². The molecule has 0 aliphatic rings. The van der Waals surface area contributed by atoms with Crippen LogP contribution in [0.25, 0.3) is 0 Å². The Hall–Kier alpha value is -2.57. The number of hydrogen-bond acceptors (Lipinski definition) is 9. The van der Waals surface area contributed by atoms with E-state index < -0.39 is 27.1 Å². The van der Waals surface area contributed by atoms with Crippen LogP contribution in [-0.2, 0) is 19.7 Å². The molecule has 37 heavy (non-hydrogen) atoms. The van der Waals surface area contributed by atoms with E-state index in [-0.39, 0.29) is 40.9 Å². The molecule has 0 fully saturated rings. The minimum atomic E-state index is -4.94. The normalized spacial score (nSPS) is 10.2. The molecular formula is C22H31N6NaO7S. The van der Waals surface area contributed by atoms with Gasteiger partial charge in [-0.3, -0.25) is 0 Å². The first-order chi connectivity index (χ1) is 17.3. The molecule has 0 aromatic heterocycles. The predicted octanol–water partition coefficient (Wildman–Crippen LogP) is -0.370. The Morgan fingerprint density at radius 3 is 1.76 bits per heavy atom. The van der Waals surface area contributed by atoms with Gasteiger partial charge in [-0.15, -0.1) is 0 Å². The summed E-state index contributed by atoms with van der Waals surface area (Å²) in [5.74, 6) is 0. The van der Waals surface area contributed by atoms with Crippen LogP contribution in [0.3, 0.4) is 0 Å². The number of aliphatic imine (C=N–C) groups is 2. The molecule has 0 saturated carbocycles. The number of nitrogens with one attached hydrogen (secondary N) is 4. The van der Waals surface area contributed by atoms with Gasteiger partial charge in [0.1, 0.15) is 10.1 Å². The third kappa shape index (κ3) is 16.7. The third-order valence-electron chi connectivity index (χ3n) is 4.85. The molecule has 0 aliphatic heterocycles. The number of carbonyl (C=O) groups is 2. The van der Waals surface area contributed by atoms with Crippen molar-refractivity contribution in [1.82, 2.24) is 10.6 Å². The van der Waals surface area contributed by atoms with Gasteiger partial charge in [-0.2, -0.15) is 0 Å². The van der Waals surface area contributed by atoms with Gasteiger partial charge in [0.2, 0.25) is 12.2 Å². The van der Waals surface area contributed by atoms with Crippen LogP contribution in [-0.4, -0.2) is 63.4 Å². The molecule has 4 amide bonds. The largest absolute Gasteiger partial charge is 1.00 e. The van der Waals surface area contributed by atoms with Crippen molar-refractivity contribution in [2.75, 3.05) is 36.8 Å². The fraction of sp³-hybridized carbons (Fsp3) is 0.545. The number of amides is 4. The molecule has 0 aliphatic carbocycles. The number of hydrogen-bond donors (Lipinski definition) is 4. The van der Waals surface area contributed by atoms with Crippen LogP contribution in [0.15, 0.2) is 33.1 Å². The van der Waals surface area contributed by atoms with Gasteiger partial charge >= 0.3 is 41.6 Å². The van der Waals surface area contributed by atoms with E-state index in [0.717, 1.165) is 44.6 Å². The summed E-state index contributed by atoms with van der Waals surface area (Å²) < 4.78 is 35.1. The Bertz CT molecular complexity index is 1060. The maximum atomic E-state index is 12.1. The van der Waals surface area contributed by atoms with E-state index in [1.807, 2.05) is 0 Å². The summed E-state index contributed by atoms with van der Waals surface area (Å²) in [4.78, 5) is 50.3. The minimum absolute atomic E-state index is 0. The molecule has 1 rings (SSSR count). The molecule has 0 bridgehead atoms. The molecule has 4 N–H and O–H groups in total. The van der Waals surface area contributed by atoms with Gasteiger partial charge in [-0.25, -0.2) is 37.6 Å². The van der Waals surface area contributed by atoms with Crippen molar-refractivity contribution < 1.29 is 61.7 Å². The first-order valence-electron chi connectivity index (χ1n) is 11.5. The number of urea groups is 2. The molecule has 0 saturated heterocycles. The smallest absolute Gasteiger partial charge is 0.744 e. The zero-order chi connectivity index (χ0) is 26.7. The van der Waals surface area contributed by atoms with E-state index in [9.17, 15) is 32.1 Å². The van der Waals surface area contributed by atoms with Crippen molar-refractivity contribution in [2.45, 2.75) is 56.3 Å². The van der Waals surface area contributed by atoms with Gasteiger partial charge in [0.05, 0.1) is 23.7 Å². The summed E-state index contributed by atoms with van der Waals surface area (Å²) in [6.45, 7) is 1.54. The Morgan fingerprint density at radius 2 is 1.27 bits per heavy atom. The van der Waals surface area contributed by atoms with Crippen LogP contribution in [0, 0.1) is 0 Å². The van der Waals surface area contributed by atoms with Crippen LogP contribution in [0.2, 0.25) is 0 Å². The second-order valence-electron chi connectivity index (χ2n) is 7.70. The first kappa shape index (κ1) is 34.4. The van der Waals surface area contributed by atoms with Crippen molar-refractivity contribution in [3.05, 3.63) is 18.2 Å². The number of benzene rings is 1. The zero-order valence-corrected chi connectivity index (χ0v) is 23.7. The molecule has 15 heteroatoms. The van der Waals surface area contributed by atoms with Crippen LogP contribution in [0.4, 0.5) is 21.0 Å². The van der Waals surface area contributed by atoms with Gasteiger partial charge < -0.3 is 25.8 Å². The topological polar surface area (TPSA) is 198 Å².